The van der Waals surface area contributed by atoms with Crippen molar-refractivity contribution in [3.63, 3.8) is 0 Å². The maximum Gasteiger partial charge on any atom is 0.227 e. The minimum atomic E-state index is 0.110. The van der Waals surface area contributed by atoms with Gasteiger partial charge in [0.2, 0.25) is 5.91 Å². The van der Waals surface area contributed by atoms with Crippen LogP contribution in [0.4, 0.5) is 0 Å². The molecule has 0 aromatic heterocycles. The molecule has 2 N–H and O–H groups in total. The summed E-state index contributed by atoms with van der Waals surface area (Å²) in [4.78, 5) is 17.8. The first kappa shape index (κ1) is 18.0. The number of carbonyl (C=O) groups is 1. The van der Waals surface area contributed by atoms with Crippen LogP contribution in [0.25, 0.3) is 0 Å². The molecular formula is C22H33N3O. The van der Waals surface area contributed by atoms with Crippen molar-refractivity contribution in [1.29, 1.82) is 0 Å². The summed E-state index contributed by atoms with van der Waals surface area (Å²) in [6.07, 6.45) is 7.07. The second-order valence-electron chi connectivity index (χ2n) is 8.55. The van der Waals surface area contributed by atoms with Crippen LogP contribution in [0.2, 0.25) is 0 Å². The molecule has 2 aliphatic carbocycles. The fourth-order valence-corrected chi connectivity index (χ4v) is 5.48. The molecule has 3 aliphatic rings. The van der Waals surface area contributed by atoms with Crippen LogP contribution in [0, 0.1) is 17.8 Å². The summed E-state index contributed by atoms with van der Waals surface area (Å²) < 4.78 is 0. The lowest BCUT2D eigenvalue weighted by Gasteiger charge is -2.32. The van der Waals surface area contributed by atoms with Crippen molar-refractivity contribution in [3.8, 4) is 0 Å². The fraction of sp³-hybridized carbons (Fsp3) is 0.682. The van der Waals surface area contributed by atoms with Gasteiger partial charge in [0.05, 0.1) is 5.92 Å². The van der Waals surface area contributed by atoms with E-state index in [1.807, 2.05) is 0 Å². The third kappa shape index (κ3) is 3.81. The van der Waals surface area contributed by atoms with Crippen LogP contribution in [0.3, 0.4) is 0 Å². The van der Waals surface area contributed by atoms with Crippen molar-refractivity contribution in [2.45, 2.75) is 44.6 Å². The number of nitrogens with two attached hydrogens (primary N) is 1. The Morgan fingerprint density at radius 2 is 1.85 bits per heavy atom. The molecule has 1 aromatic carbocycles. The van der Waals surface area contributed by atoms with E-state index in [1.54, 1.807) is 0 Å². The van der Waals surface area contributed by atoms with Crippen LogP contribution in [-0.2, 0) is 11.2 Å². The number of fused-ring (bicyclic) bond motifs is 2. The number of benzene rings is 1. The highest BCUT2D eigenvalue weighted by molar-refractivity contribution is 5.80. The largest absolute Gasteiger partial charge is 0.341 e. The number of carbonyl (C=O) groups excluding carboxylic acids is 1. The van der Waals surface area contributed by atoms with Gasteiger partial charge in [-0.25, -0.2) is 0 Å². The number of nitrogens with zero attached hydrogens (tertiary/aromatic N) is 2. The summed E-state index contributed by atoms with van der Waals surface area (Å²) in [5, 5.41) is 0. The lowest BCUT2D eigenvalue weighted by Crippen LogP contribution is -2.48. The van der Waals surface area contributed by atoms with Crippen molar-refractivity contribution >= 4 is 5.91 Å². The van der Waals surface area contributed by atoms with Gasteiger partial charge >= 0.3 is 0 Å². The molecule has 0 unspecified atom stereocenters. The molecule has 142 valence electrons. The smallest absolute Gasteiger partial charge is 0.227 e. The molecule has 1 heterocycles. The molecule has 1 amide bonds. The molecular weight excluding hydrogens is 322 g/mol. The van der Waals surface area contributed by atoms with Gasteiger partial charge in [-0.05, 0) is 69.0 Å². The minimum Gasteiger partial charge on any atom is -0.341 e. The highest BCUT2D eigenvalue weighted by atomic mass is 16.2. The predicted molar refractivity (Wildman–Crippen MR) is 105 cm³/mol. The van der Waals surface area contributed by atoms with Gasteiger partial charge in [-0.2, -0.15) is 0 Å². The van der Waals surface area contributed by atoms with Gasteiger partial charge in [0, 0.05) is 25.7 Å². The molecule has 1 aliphatic heterocycles. The molecule has 4 atom stereocenters. The minimum absolute atomic E-state index is 0.110. The van der Waals surface area contributed by atoms with Crippen molar-refractivity contribution in [3.05, 3.63) is 35.9 Å². The van der Waals surface area contributed by atoms with Crippen molar-refractivity contribution in [2.75, 3.05) is 32.7 Å². The van der Waals surface area contributed by atoms with Gasteiger partial charge in [-0.1, -0.05) is 30.3 Å². The summed E-state index contributed by atoms with van der Waals surface area (Å²) in [5.41, 5.74) is 7.82. The van der Waals surface area contributed by atoms with Gasteiger partial charge < -0.3 is 15.5 Å². The van der Waals surface area contributed by atoms with E-state index in [1.165, 1.54) is 31.2 Å². The van der Waals surface area contributed by atoms with Crippen molar-refractivity contribution in [2.24, 2.45) is 23.5 Å². The van der Waals surface area contributed by atoms with E-state index in [0.29, 0.717) is 17.7 Å². The normalized spacial score (nSPS) is 32.0. The second-order valence-corrected chi connectivity index (χ2v) is 8.55. The summed E-state index contributed by atoms with van der Waals surface area (Å²) in [6, 6.07) is 10.8. The Labute approximate surface area is 157 Å². The zero-order valence-corrected chi connectivity index (χ0v) is 15.9. The van der Waals surface area contributed by atoms with E-state index < -0.39 is 0 Å². The predicted octanol–water partition coefficient (Wildman–Crippen LogP) is 2.53. The molecule has 2 bridgehead atoms. The van der Waals surface area contributed by atoms with Crippen LogP contribution in [0.1, 0.15) is 37.7 Å². The number of rotatable bonds is 5. The van der Waals surface area contributed by atoms with Crippen LogP contribution in [-0.4, -0.2) is 54.5 Å². The van der Waals surface area contributed by atoms with E-state index in [9.17, 15) is 4.79 Å². The lowest BCUT2D eigenvalue weighted by molar-refractivity contribution is -0.137. The highest BCUT2D eigenvalue weighted by Crippen LogP contribution is 2.48. The fourth-order valence-electron chi connectivity index (χ4n) is 5.48. The lowest BCUT2D eigenvalue weighted by atomic mass is 9.84. The Balaban J connectivity index is 1.25. The summed E-state index contributed by atoms with van der Waals surface area (Å²) in [5.74, 6) is 1.64. The standard InChI is InChI=1S/C22H33N3O/c23-21-19-10-9-18(16-19)20(21)22(26)25-13-5-12-24(14-15-25)11-4-8-17-6-2-1-3-7-17/h1-3,6-7,18-21H,4-5,8-16,23H2/t18-,19+,20-,21+/m1/s1. The maximum atomic E-state index is 13.1. The molecule has 0 radical (unpaired) electrons. The van der Waals surface area contributed by atoms with Crippen LogP contribution < -0.4 is 5.73 Å². The molecule has 26 heavy (non-hydrogen) atoms. The van der Waals surface area contributed by atoms with Crippen LogP contribution in [0.5, 0.6) is 0 Å². The van der Waals surface area contributed by atoms with Gasteiger partial charge in [-0.15, -0.1) is 0 Å². The Morgan fingerprint density at radius 3 is 2.62 bits per heavy atom. The average molecular weight is 356 g/mol. The third-order valence-electron chi connectivity index (χ3n) is 6.95. The maximum absolute atomic E-state index is 13.1. The highest BCUT2D eigenvalue weighted by Gasteiger charge is 2.50. The number of hydrogen-bond donors (Lipinski definition) is 1. The Hall–Kier alpha value is -1.39. The third-order valence-corrected chi connectivity index (χ3v) is 6.95. The Morgan fingerprint density at radius 1 is 1.04 bits per heavy atom. The van der Waals surface area contributed by atoms with Crippen LogP contribution in [0.15, 0.2) is 30.3 Å². The molecule has 1 aromatic rings. The molecule has 4 nitrogen and oxygen atoms in total. The summed E-state index contributed by atoms with van der Waals surface area (Å²) >= 11 is 0. The quantitative estimate of drug-likeness (QED) is 0.883. The van der Waals surface area contributed by atoms with E-state index in [0.717, 1.165) is 45.6 Å². The van der Waals surface area contributed by atoms with Crippen molar-refractivity contribution in [1.82, 2.24) is 9.80 Å². The first-order valence-corrected chi connectivity index (χ1v) is 10.5. The Bertz CT molecular complexity index is 603. The molecule has 3 fully saturated rings. The zero-order valence-electron chi connectivity index (χ0n) is 15.9. The monoisotopic (exact) mass is 355 g/mol. The van der Waals surface area contributed by atoms with Gasteiger partial charge in [-0.3, -0.25) is 4.79 Å². The van der Waals surface area contributed by atoms with E-state index in [2.05, 4.69) is 40.1 Å². The van der Waals surface area contributed by atoms with Crippen LogP contribution >= 0.6 is 0 Å². The first-order chi connectivity index (χ1) is 12.7. The first-order valence-electron chi connectivity index (χ1n) is 10.5. The molecule has 2 saturated carbocycles. The second kappa shape index (κ2) is 8.10. The molecule has 4 rings (SSSR count). The van der Waals surface area contributed by atoms with Gasteiger partial charge in [0.25, 0.3) is 0 Å². The molecule has 4 heteroatoms. The average Bonchev–Trinajstić information content (AvgIpc) is 3.16. The van der Waals surface area contributed by atoms with Gasteiger partial charge in [0.1, 0.15) is 0 Å². The SMILES string of the molecule is N[C@H]1[C@H]2CC[C@H](C2)[C@H]1C(=O)N1CCCN(CCCc2ccccc2)CC1. The zero-order chi connectivity index (χ0) is 17.9. The van der Waals surface area contributed by atoms with E-state index in [4.69, 9.17) is 5.73 Å². The topological polar surface area (TPSA) is 49.6 Å². The van der Waals surface area contributed by atoms with Crippen molar-refractivity contribution < 1.29 is 4.79 Å². The Kier molecular flexibility index (Phi) is 5.60. The number of hydrogen-bond acceptors (Lipinski definition) is 3. The summed E-state index contributed by atoms with van der Waals surface area (Å²) in [7, 11) is 0. The molecule has 0 spiro atoms. The van der Waals surface area contributed by atoms with E-state index in [-0.39, 0.29) is 12.0 Å². The molecule has 1 saturated heterocycles. The number of aryl methyl sites for hydroxylation is 1. The van der Waals surface area contributed by atoms with E-state index >= 15 is 0 Å². The van der Waals surface area contributed by atoms with Gasteiger partial charge in [0.15, 0.2) is 0 Å². The number of amides is 1. The summed E-state index contributed by atoms with van der Waals surface area (Å²) in [6.45, 7) is 5.04.